The maximum absolute atomic E-state index is 12.2. The van der Waals surface area contributed by atoms with Gasteiger partial charge in [-0.15, -0.1) is 0 Å². The topological polar surface area (TPSA) is 57.7 Å². The molecule has 5 nitrogen and oxygen atoms in total. The van der Waals surface area contributed by atoms with Gasteiger partial charge in [0.05, 0.1) is 18.0 Å². The monoisotopic (exact) mass is 259 g/mol. The normalized spacial score (nSPS) is 12.0. The van der Waals surface area contributed by atoms with Crippen molar-refractivity contribution in [2.24, 2.45) is 0 Å². The highest BCUT2D eigenvalue weighted by Gasteiger charge is 2.28. The predicted molar refractivity (Wildman–Crippen MR) is 60.2 cm³/mol. The van der Waals surface area contributed by atoms with Crippen molar-refractivity contribution >= 4 is 16.9 Å². The molecule has 2 aromatic rings. The molecule has 0 bridgehead atoms. The van der Waals surface area contributed by atoms with Gasteiger partial charge in [-0.1, -0.05) is 0 Å². The molecule has 2 rings (SSSR count). The molecule has 0 aliphatic carbocycles. The van der Waals surface area contributed by atoms with Gasteiger partial charge < -0.3 is 4.90 Å². The molecule has 8 heteroatoms. The van der Waals surface area contributed by atoms with Crippen molar-refractivity contribution < 1.29 is 13.2 Å². The zero-order chi connectivity index (χ0) is 13.2. The zero-order valence-corrected chi connectivity index (χ0v) is 9.70. The predicted octanol–water partition coefficient (Wildman–Crippen LogP) is 2.13. The number of hydrogen-bond donors (Lipinski definition) is 1. The van der Waals surface area contributed by atoms with Crippen LogP contribution in [0.25, 0.3) is 11.0 Å². The van der Waals surface area contributed by atoms with Crippen LogP contribution >= 0.6 is 0 Å². The maximum atomic E-state index is 12.2. The molecule has 0 aliphatic heterocycles. The summed E-state index contributed by atoms with van der Waals surface area (Å²) in [5.41, 5.74) is 0.519. The number of alkyl halides is 3. The lowest BCUT2D eigenvalue weighted by Gasteiger charge is -2.22. The number of anilines is 1. The molecule has 0 atom stereocenters. The SMILES string of the molecule is CCN(CCC(F)(F)F)c1ncnc2[nH]ncc12. The van der Waals surface area contributed by atoms with Gasteiger partial charge in [0.15, 0.2) is 5.65 Å². The summed E-state index contributed by atoms with van der Waals surface area (Å²) < 4.78 is 36.7. The van der Waals surface area contributed by atoms with Gasteiger partial charge >= 0.3 is 6.18 Å². The van der Waals surface area contributed by atoms with Crippen molar-refractivity contribution in [2.75, 3.05) is 18.0 Å². The van der Waals surface area contributed by atoms with Crippen LogP contribution in [0.4, 0.5) is 19.0 Å². The van der Waals surface area contributed by atoms with E-state index in [1.165, 1.54) is 12.5 Å². The molecule has 2 heterocycles. The summed E-state index contributed by atoms with van der Waals surface area (Å²) in [4.78, 5) is 9.55. The molecule has 0 fully saturated rings. The van der Waals surface area contributed by atoms with E-state index in [-0.39, 0.29) is 6.54 Å². The van der Waals surface area contributed by atoms with Crippen LogP contribution in [0.1, 0.15) is 13.3 Å². The molecular formula is C10H12F3N5. The van der Waals surface area contributed by atoms with Crippen LogP contribution in [-0.4, -0.2) is 39.4 Å². The Labute approximate surface area is 101 Å². The Morgan fingerprint density at radius 1 is 1.33 bits per heavy atom. The van der Waals surface area contributed by atoms with Crippen molar-refractivity contribution in [3.63, 3.8) is 0 Å². The number of H-pyrrole nitrogens is 1. The molecule has 0 saturated heterocycles. The Bertz CT molecular complexity index is 521. The minimum absolute atomic E-state index is 0.128. The highest BCUT2D eigenvalue weighted by atomic mass is 19.4. The highest BCUT2D eigenvalue weighted by Crippen LogP contribution is 2.24. The van der Waals surface area contributed by atoms with E-state index in [1.807, 2.05) is 0 Å². The third-order valence-corrected chi connectivity index (χ3v) is 2.57. The number of nitrogens with zero attached hydrogens (tertiary/aromatic N) is 4. The molecule has 2 aromatic heterocycles. The van der Waals surface area contributed by atoms with Crippen molar-refractivity contribution in [1.29, 1.82) is 0 Å². The van der Waals surface area contributed by atoms with E-state index >= 15 is 0 Å². The van der Waals surface area contributed by atoms with E-state index in [1.54, 1.807) is 11.8 Å². The summed E-state index contributed by atoms with van der Waals surface area (Å²) in [6.45, 7) is 2.09. The van der Waals surface area contributed by atoms with Crippen LogP contribution in [0, 0.1) is 0 Å². The third-order valence-electron chi connectivity index (χ3n) is 2.57. The minimum Gasteiger partial charge on any atom is -0.356 e. The fourth-order valence-electron chi connectivity index (χ4n) is 1.68. The molecular weight excluding hydrogens is 247 g/mol. The quantitative estimate of drug-likeness (QED) is 0.913. The minimum atomic E-state index is -4.17. The van der Waals surface area contributed by atoms with Crippen molar-refractivity contribution in [3.05, 3.63) is 12.5 Å². The van der Waals surface area contributed by atoms with Crippen LogP contribution in [0.15, 0.2) is 12.5 Å². The maximum Gasteiger partial charge on any atom is 0.390 e. The number of hydrogen-bond acceptors (Lipinski definition) is 4. The van der Waals surface area contributed by atoms with Crippen LogP contribution < -0.4 is 4.90 Å². The van der Waals surface area contributed by atoms with Gasteiger partial charge in [0.25, 0.3) is 0 Å². The Morgan fingerprint density at radius 3 is 2.78 bits per heavy atom. The van der Waals surface area contributed by atoms with Gasteiger partial charge in [0, 0.05) is 13.1 Å². The number of rotatable bonds is 4. The summed E-state index contributed by atoms with van der Waals surface area (Å²) in [6, 6.07) is 0. The first-order chi connectivity index (χ1) is 8.51. The van der Waals surface area contributed by atoms with Gasteiger partial charge in [-0.25, -0.2) is 9.97 Å². The second kappa shape index (κ2) is 4.79. The summed E-state index contributed by atoms with van der Waals surface area (Å²) in [5, 5.41) is 7.10. The second-order valence-corrected chi connectivity index (χ2v) is 3.77. The lowest BCUT2D eigenvalue weighted by Crippen LogP contribution is -2.28. The lowest BCUT2D eigenvalue weighted by atomic mass is 10.3. The lowest BCUT2D eigenvalue weighted by molar-refractivity contribution is -0.132. The number of aromatic nitrogens is 4. The van der Waals surface area contributed by atoms with E-state index in [2.05, 4.69) is 20.2 Å². The molecule has 0 amide bonds. The summed E-state index contributed by atoms with van der Waals surface area (Å²) in [6.07, 6.45) is -2.22. The number of fused-ring (bicyclic) bond motifs is 1. The smallest absolute Gasteiger partial charge is 0.356 e. The molecule has 0 radical (unpaired) electrons. The molecule has 1 N–H and O–H groups in total. The van der Waals surface area contributed by atoms with Gasteiger partial charge in [0.2, 0.25) is 0 Å². The van der Waals surface area contributed by atoms with Crippen LogP contribution in [0.3, 0.4) is 0 Å². The van der Waals surface area contributed by atoms with Crippen LogP contribution in [-0.2, 0) is 0 Å². The Balaban J connectivity index is 2.24. The van der Waals surface area contributed by atoms with Crippen molar-refractivity contribution in [1.82, 2.24) is 20.2 Å². The number of halogens is 3. The fourth-order valence-corrected chi connectivity index (χ4v) is 1.68. The Hall–Kier alpha value is -1.86. The Morgan fingerprint density at radius 2 is 2.11 bits per heavy atom. The number of aromatic amines is 1. The zero-order valence-electron chi connectivity index (χ0n) is 9.70. The van der Waals surface area contributed by atoms with Crippen molar-refractivity contribution in [2.45, 2.75) is 19.5 Å². The van der Waals surface area contributed by atoms with Gasteiger partial charge in [-0.2, -0.15) is 18.3 Å². The average Bonchev–Trinajstić information content (AvgIpc) is 2.77. The summed E-state index contributed by atoms with van der Waals surface area (Å²) in [5.74, 6) is 0.473. The van der Waals surface area contributed by atoms with E-state index < -0.39 is 12.6 Å². The summed E-state index contributed by atoms with van der Waals surface area (Å²) >= 11 is 0. The fraction of sp³-hybridized carbons (Fsp3) is 0.500. The largest absolute Gasteiger partial charge is 0.390 e. The average molecular weight is 259 g/mol. The van der Waals surface area contributed by atoms with E-state index in [0.29, 0.717) is 23.4 Å². The molecule has 0 spiro atoms. The van der Waals surface area contributed by atoms with Crippen molar-refractivity contribution in [3.8, 4) is 0 Å². The Kier molecular flexibility index (Phi) is 3.35. The van der Waals surface area contributed by atoms with Gasteiger partial charge in [-0.3, -0.25) is 5.10 Å². The first-order valence-corrected chi connectivity index (χ1v) is 5.47. The highest BCUT2D eigenvalue weighted by molar-refractivity contribution is 5.86. The van der Waals surface area contributed by atoms with E-state index in [9.17, 15) is 13.2 Å². The first kappa shape index (κ1) is 12.6. The second-order valence-electron chi connectivity index (χ2n) is 3.77. The van der Waals surface area contributed by atoms with Crippen LogP contribution in [0.2, 0.25) is 0 Å². The van der Waals surface area contributed by atoms with Gasteiger partial charge in [0.1, 0.15) is 12.1 Å². The van der Waals surface area contributed by atoms with Crippen LogP contribution in [0.5, 0.6) is 0 Å². The third kappa shape index (κ3) is 2.69. The molecule has 0 unspecified atom stereocenters. The molecule has 98 valence electrons. The molecule has 18 heavy (non-hydrogen) atoms. The van der Waals surface area contributed by atoms with Gasteiger partial charge in [-0.05, 0) is 6.92 Å². The molecule has 0 saturated carbocycles. The van der Waals surface area contributed by atoms with E-state index in [0.717, 1.165) is 0 Å². The first-order valence-electron chi connectivity index (χ1n) is 5.47. The van der Waals surface area contributed by atoms with E-state index in [4.69, 9.17) is 0 Å². The molecule has 0 aliphatic rings. The standard InChI is InChI=1S/C10H12F3N5/c1-2-18(4-3-10(11,12)13)9-7-5-16-17-8(7)14-6-15-9/h5-6H,2-4H2,1H3,(H,14,15,16,17). The number of nitrogens with one attached hydrogen (secondary N) is 1. The summed E-state index contributed by atoms with van der Waals surface area (Å²) in [7, 11) is 0. The molecule has 0 aromatic carbocycles.